The van der Waals surface area contributed by atoms with Gasteiger partial charge in [-0.25, -0.2) is 4.79 Å². The molecule has 0 unspecified atom stereocenters. The minimum absolute atomic E-state index is 0.0869. The first kappa shape index (κ1) is 29.2. The number of ether oxygens (including phenoxy) is 2. The third kappa shape index (κ3) is 8.00. The largest absolute Gasteiger partial charge is 0.476 e. The molecule has 198 valence electrons. The standard InChI is InChI=1S/C24H26F6N2O3S/c1-4-34-20(33)22(2,3)35-18-9-5-15(6-10-18)11-12-32(21(31)36)14-16-7-8-17(23(25,26)27)13-19(16)24(28,29)30/h5-10,13H,4,11-12,14H2,1-3H3,(H2,31,36). The summed E-state index contributed by atoms with van der Waals surface area (Å²) < 4.78 is 89.9. The van der Waals surface area contributed by atoms with Crippen molar-refractivity contribution in [2.45, 2.75) is 51.7 Å². The monoisotopic (exact) mass is 536 g/mol. The SMILES string of the molecule is CCOC(=O)C(C)(C)Oc1ccc(CCN(Cc2ccc(C(F)(F)F)cc2C(F)(F)F)C(N)=S)cc1. The van der Waals surface area contributed by atoms with E-state index in [1.165, 1.54) is 4.90 Å². The first-order valence-corrected chi connectivity index (χ1v) is 11.2. The molecule has 12 heteroatoms. The fourth-order valence-electron chi connectivity index (χ4n) is 3.26. The Morgan fingerprint density at radius 3 is 2.11 bits per heavy atom. The van der Waals surface area contributed by atoms with E-state index in [1.54, 1.807) is 45.0 Å². The number of carbonyl (C=O) groups excluding carboxylic acids is 1. The van der Waals surface area contributed by atoms with Crippen molar-refractivity contribution in [1.82, 2.24) is 4.90 Å². The fraction of sp³-hybridized carbons (Fsp3) is 0.417. The van der Waals surface area contributed by atoms with Crippen molar-refractivity contribution in [3.8, 4) is 5.75 Å². The van der Waals surface area contributed by atoms with Gasteiger partial charge in [-0.3, -0.25) is 0 Å². The zero-order valence-corrected chi connectivity index (χ0v) is 20.6. The smallest absolute Gasteiger partial charge is 0.416 e. The number of hydrogen-bond acceptors (Lipinski definition) is 4. The average Bonchev–Trinajstić information content (AvgIpc) is 2.76. The van der Waals surface area contributed by atoms with Crippen LogP contribution in [0.15, 0.2) is 42.5 Å². The fourth-order valence-corrected chi connectivity index (χ4v) is 3.41. The van der Waals surface area contributed by atoms with Crippen LogP contribution in [-0.4, -0.2) is 34.7 Å². The molecule has 0 aliphatic heterocycles. The molecular formula is C24H26F6N2O3S. The summed E-state index contributed by atoms with van der Waals surface area (Å²) in [5, 5.41) is -0.195. The van der Waals surface area contributed by atoms with Crippen LogP contribution in [0.5, 0.6) is 5.75 Å². The van der Waals surface area contributed by atoms with Gasteiger partial charge in [-0.05, 0) is 74.8 Å². The maximum absolute atomic E-state index is 13.5. The maximum atomic E-state index is 13.5. The van der Waals surface area contributed by atoms with Gasteiger partial charge in [0.15, 0.2) is 10.7 Å². The van der Waals surface area contributed by atoms with Gasteiger partial charge in [0.1, 0.15) is 5.75 Å². The molecular weight excluding hydrogens is 510 g/mol. The first-order valence-electron chi connectivity index (χ1n) is 10.8. The lowest BCUT2D eigenvalue weighted by Crippen LogP contribution is -2.39. The molecule has 2 aromatic rings. The van der Waals surface area contributed by atoms with Crippen LogP contribution >= 0.6 is 12.2 Å². The molecule has 0 spiro atoms. The minimum Gasteiger partial charge on any atom is -0.476 e. The molecule has 0 saturated carbocycles. The molecule has 36 heavy (non-hydrogen) atoms. The van der Waals surface area contributed by atoms with Crippen molar-refractivity contribution in [2.24, 2.45) is 5.73 Å². The van der Waals surface area contributed by atoms with E-state index in [-0.39, 0.29) is 29.9 Å². The highest BCUT2D eigenvalue weighted by Gasteiger charge is 2.38. The quantitative estimate of drug-likeness (QED) is 0.251. The third-order valence-electron chi connectivity index (χ3n) is 5.15. The van der Waals surface area contributed by atoms with Crippen LogP contribution < -0.4 is 10.5 Å². The first-order chi connectivity index (χ1) is 16.5. The van der Waals surface area contributed by atoms with Crippen LogP contribution in [0.3, 0.4) is 0 Å². The van der Waals surface area contributed by atoms with Crippen LogP contribution in [0.25, 0.3) is 0 Å². The highest BCUT2D eigenvalue weighted by Crippen LogP contribution is 2.37. The predicted octanol–water partition coefficient (Wildman–Crippen LogP) is 5.73. The molecule has 0 bridgehead atoms. The van der Waals surface area contributed by atoms with Crippen LogP contribution in [0.1, 0.15) is 43.0 Å². The Morgan fingerprint density at radius 2 is 1.61 bits per heavy atom. The zero-order chi connectivity index (χ0) is 27.3. The number of halogens is 6. The van der Waals surface area contributed by atoms with Crippen LogP contribution in [0.4, 0.5) is 26.3 Å². The maximum Gasteiger partial charge on any atom is 0.416 e. The number of esters is 1. The van der Waals surface area contributed by atoms with Gasteiger partial charge in [0.05, 0.1) is 17.7 Å². The molecule has 0 saturated heterocycles. The Morgan fingerprint density at radius 1 is 1.00 bits per heavy atom. The molecule has 0 atom stereocenters. The molecule has 0 aliphatic carbocycles. The molecule has 0 amide bonds. The van der Waals surface area contributed by atoms with Gasteiger partial charge in [-0.15, -0.1) is 0 Å². The van der Waals surface area contributed by atoms with E-state index in [1.807, 2.05) is 0 Å². The Kier molecular flexibility index (Phi) is 9.22. The summed E-state index contributed by atoms with van der Waals surface area (Å²) in [7, 11) is 0. The average molecular weight is 537 g/mol. The molecule has 0 heterocycles. The van der Waals surface area contributed by atoms with E-state index in [2.05, 4.69) is 0 Å². The number of nitrogens with two attached hydrogens (primary N) is 1. The Labute approximate surface area is 210 Å². The Hall–Kier alpha value is -3.02. The van der Waals surface area contributed by atoms with E-state index in [9.17, 15) is 31.1 Å². The molecule has 0 fully saturated rings. The van der Waals surface area contributed by atoms with Crippen molar-refractivity contribution < 1.29 is 40.6 Å². The second-order valence-electron chi connectivity index (χ2n) is 8.35. The van der Waals surface area contributed by atoms with Gasteiger partial charge in [0.2, 0.25) is 0 Å². The zero-order valence-electron chi connectivity index (χ0n) is 19.8. The molecule has 2 rings (SSSR count). The van der Waals surface area contributed by atoms with Gasteiger partial charge in [-0.1, -0.05) is 18.2 Å². The second kappa shape index (κ2) is 11.4. The van der Waals surface area contributed by atoms with Crippen molar-refractivity contribution in [1.29, 1.82) is 0 Å². The number of hydrogen-bond donors (Lipinski definition) is 1. The highest BCUT2D eigenvalue weighted by molar-refractivity contribution is 7.80. The van der Waals surface area contributed by atoms with Crippen LogP contribution in [-0.2, 0) is 34.8 Å². The number of carbonyl (C=O) groups is 1. The summed E-state index contributed by atoms with van der Waals surface area (Å²) >= 11 is 4.96. The van der Waals surface area contributed by atoms with Gasteiger partial charge in [0, 0.05) is 13.1 Å². The van der Waals surface area contributed by atoms with E-state index < -0.39 is 41.6 Å². The van der Waals surface area contributed by atoms with E-state index in [4.69, 9.17) is 27.4 Å². The number of thiocarbonyl (C=S) groups is 1. The summed E-state index contributed by atoms with van der Waals surface area (Å²) in [6.45, 7) is 4.71. The summed E-state index contributed by atoms with van der Waals surface area (Å²) in [4.78, 5) is 13.3. The molecule has 0 radical (unpaired) electrons. The summed E-state index contributed by atoms with van der Waals surface area (Å²) in [5.74, 6) is -0.120. The third-order valence-corrected chi connectivity index (χ3v) is 5.41. The van der Waals surface area contributed by atoms with Crippen molar-refractivity contribution in [2.75, 3.05) is 13.2 Å². The lowest BCUT2D eigenvalue weighted by molar-refractivity contribution is -0.158. The van der Waals surface area contributed by atoms with E-state index in [0.29, 0.717) is 18.2 Å². The lowest BCUT2D eigenvalue weighted by atomic mass is 10.0. The molecule has 2 aromatic carbocycles. The summed E-state index contributed by atoms with van der Waals surface area (Å²) in [6, 6.07) is 8.12. The summed E-state index contributed by atoms with van der Waals surface area (Å²) in [6.07, 6.45) is -9.59. The lowest BCUT2D eigenvalue weighted by Gasteiger charge is -2.25. The number of rotatable bonds is 9. The second-order valence-corrected chi connectivity index (χ2v) is 8.77. The number of benzene rings is 2. The van der Waals surface area contributed by atoms with Gasteiger partial charge in [0.25, 0.3) is 0 Å². The number of alkyl halides is 6. The van der Waals surface area contributed by atoms with E-state index >= 15 is 0 Å². The molecule has 0 aromatic heterocycles. The van der Waals surface area contributed by atoms with Crippen LogP contribution in [0.2, 0.25) is 0 Å². The van der Waals surface area contributed by atoms with Crippen LogP contribution in [0, 0.1) is 0 Å². The highest BCUT2D eigenvalue weighted by atomic mass is 32.1. The van der Waals surface area contributed by atoms with Gasteiger partial charge >= 0.3 is 18.3 Å². The number of nitrogens with zero attached hydrogens (tertiary/aromatic N) is 1. The topological polar surface area (TPSA) is 64.8 Å². The Bertz CT molecular complexity index is 1070. The normalized spacial score (nSPS) is 12.2. The predicted molar refractivity (Wildman–Crippen MR) is 125 cm³/mol. The minimum atomic E-state index is -4.99. The molecule has 0 aliphatic rings. The van der Waals surface area contributed by atoms with Crippen molar-refractivity contribution in [3.63, 3.8) is 0 Å². The van der Waals surface area contributed by atoms with Gasteiger partial charge in [-0.2, -0.15) is 26.3 Å². The summed E-state index contributed by atoms with van der Waals surface area (Å²) in [5.41, 5.74) is 2.07. The van der Waals surface area contributed by atoms with E-state index in [0.717, 1.165) is 11.6 Å². The molecule has 5 nitrogen and oxygen atoms in total. The Balaban J connectivity index is 2.14. The van der Waals surface area contributed by atoms with Crippen molar-refractivity contribution in [3.05, 3.63) is 64.7 Å². The van der Waals surface area contributed by atoms with Gasteiger partial charge < -0.3 is 20.1 Å². The molecule has 2 N–H and O–H groups in total. The van der Waals surface area contributed by atoms with Crippen molar-refractivity contribution >= 4 is 23.3 Å².